The Morgan fingerprint density at radius 1 is 0.968 bits per heavy atom. The number of hydrogen-bond acceptors (Lipinski definition) is 6. The van der Waals surface area contributed by atoms with Crippen LogP contribution in [0.4, 0.5) is 18.9 Å². The summed E-state index contributed by atoms with van der Waals surface area (Å²) in [7, 11) is 0. The minimum atomic E-state index is -4.69. The number of benzene rings is 2. The Bertz CT molecular complexity index is 1230. The SMILES string of the molecule is O=[N+]([O-])c1cc(C(F)(F)F)ccc1Sc1nnc(-c2ccncc2)n1-c1ccccc1. The number of alkyl halides is 3. The molecule has 0 N–H and O–H groups in total. The van der Waals surface area contributed by atoms with Crippen molar-refractivity contribution in [2.75, 3.05) is 0 Å². The molecule has 2 aromatic heterocycles. The third-order valence-electron chi connectivity index (χ3n) is 4.27. The van der Waals surface area contributed by atoms with Gasteiger partial charge in [0, 0.05) is 29.7 Å². The van der Waals surface area contributed by atoms with Gasteiger partial charge in [0.05, 0.1) is 15.4 Å². The van der Waals surface area contributed by atoms with Crippen molar-refractivity contribution in [3.63, 3.8) is 0 Å². The van der Waals surface area contributed by atoms with Crippen LogP contribution in [0.3, 0.4) is 0 Å². The third kappa shape index (κ3) is 4.26. The second-order valence-electron chi connectivity index (χ2n) is 6.25. The van der Waals surface area contributed by atoms with Gasteiger partial charge >= 0.3 is 6.18 Å². The van der Waals surface area contributed by atoms with Crippen LogP contribution in [0.1, 0.15) is 5.56 Å². The van der Waals surface area contributed by atoms with Crippen molar-refractivity contribution in [1.82, 2.24) is 19.7 Å². The van der Waals surface area contributed by atoms with Crippen LogP contribution >= 0.6 is 11.8 Å². The van der Waals surface area contributed by atoms with Crippen LogP contribution in [0.15, 0.2) is 83.1 Å². The van der Waals surface area contributed by atoms with Crippen molar-refractivity contribution in [1.29, 1.82) is 0 Å². The van der Waals surface area contributed by atoms with Gasteiger partial charge in [-0.25, -0.2) is 0 Å². The number of para-hydroxylation sites is 1. The number of pyridine rings is 1. The summed E-state index contributed by atoms with van der Waals surface area (Å²) < 4.78 is 40.7. The smallest absolute Gasteiger partial charge is 0.270 e. The van der Waals surface area contributed by atoms with E-state index in [4.69, 9.17) is 0 Å². The number of nitrogens with zero attached hydrogens (tertiary/aromatic N) is 5. The number of nitro benzene ring substituents is 1. The standard InChI is InChI=1S/C20H12F3N5O2S/c21-20(22,23)14-6-7-17(16(12-14)28(29)30)31-19-26-25-18(13-8-10-24-11-9-13)27(19)15-4-2-1-3-5-15/h1-12H. The van der Waals surface area contributed by atoms with Gasteiger partial charge in [-0.2, -0.15) is 13.2 Å². The number of nitro groups is 1. The minimum absolute atomic E-state index is 0.0175. The van der Waals surface area contributed by atoms with Crippen molar-refractivity contribution in [2.24, 2.45) is 0 Å². The molecule has 0 aliphatic carbocycles. The van der Waals surface area contributed by atoms with Crippen LogP contribution in [0, 0.1) is 10.1 Å². The van der Waals surface area contributed by atoms with E-state index in [0.717, 1.165) is 23.9 Å². The Morgan fingerprint density at radius 3 is 2.32 bits per heavy atom. The number of aromatic nitrogens is 4. The predicted octanol–water partition coefficient (Wildman–Crippen LogP) is 5.41. The highest BCUT2D eigenvalue weighted by molar-refractivity contribution is 7.99. The van der Waals surface area contributed by atoms with Gasteiger partial charge in [-0.1, -0.05) is 18.2 Å². The fourth-order valence-electron chi connectivity index (χ4n) is 2.85. The molecule has 4 rings (SSSR count). The minimum Gasteiger partial charge on any atom is -0.270 e. The first-order valence-electron chi connectivity index (χ1n) is 8.79. The lowest BCUT2D eigenvalue weighted by atomic mass is 10.2. The molecule has 0 saturated heterocycles. The maximum atomic E-state index is 13.0. The fourth-order valence-corrected chi connectivity index (χ4v) is 3.79. The van der Waals surface area contributed by atoms with Crippen molar-refractivity contribution in [3.8, 4) is 17.1 Å². The molecule has 0 amide bonds. The normalized spacial score (nSPS) is 11.5. The van der Waals surface area contributed by atoms with E-state index in [1.807, 2.05) is 6.07 Å². The molecule has 0 radical (unpaired) electrons. The first-order valence-corrected chi connectivity index (χ1v) is 9.61. The maximum Gasteiger partial charge on any atom is 0.416 e. The lowest BCUT2D eigenvalue weighted by Crippen LogP contribution is -2.06. The molecule has 0 atom stereocenters. The lowest BCUT2D eigenvalue weighted by Gasteiger charge is -2.11. The van der Waals surface area contributed by atoms with E-state index in [1.165, 1.54) is 0 Å². The van der Waals surface area contributed by atoms with Crippen LogP contribution in [0.5, 0.6) is 0 Å². The van der Waals surface area contributed by atoms with Crippen LogP contribution in [0.25, 0.3) is 17.1 Å². The van der Waals surface area contributed by atoms with E-state index in [2.05, 4.69) is 15.2 Å². The third-order valence-corrected chi connectivity index (χ3v) is 5.28. The molecular weight excluding hydrogens is 431 g/mol. The molecule has 0 unspecified atom stereocenters. The molecule has 0 aliphatic rings. The maximum absolute atomic E-state index is 13.0. The van der Waals surface area contributed by atoms with Crippen LogP contribution in [-0.4, -0.2) is 24.7 Å². The Morgan fingerprint density at radius 2 is 1.68 bits per heavy atom. The van der Waals surface area contributed by atoms with Gasteiger partial charge in [0.1, 0.15) is 0 Å². The highest BCUT2D eigenvalue weighted by Gasteiger charge is 2.33. The summed E-state index contributed by atoms with van der Waals surface area (Å²) >= 11 is 0.864. The first-order chi connectivity index (χ1) is 14.8. The molecular formula is C20H12F3N5O2S. The molecule has 0 spiro atoms. The van der Waals surface area contributed by atoms with E-state index in [-0.39, 0.29) is 10.1 Å². The Labute approximate surface area is 177 Å². The summed E-state index contributed by atoms with van der Waals surface area (Å²) in [4.78, 5) is 14.6. The summed E-state index contributed by atoms with van der Waals surface area (Å²) in [5, 5.41) is 20.1. The van der Waals surface area contributed by atoms with Gasteiger partial charge in [-0.15, -0.1) is 10.2 Å². The van der Waals surface area contributed by atoms with Gasteiger partial charge < -0.3 is 0 Å². The first kappa shape index (κ1) is 20.5. The summed E-state index contributed by atoms with van der Waals surface area (Å²) in [6.45, 7) is 0. The zero-order chi connectivity index (χ0) is 22.0. The van der Waals surface area contributed by atoms with E-state index in [0.29, 0.717) is 23.1 Å². The fraction of sp³-hybridized carbons (Fsp3) is 0.0500. The second-order valence-corrected chi connectivity index (χ2v) is 7.26. The van der Waals surface area contributed by atoms with Crippen LogP contribution in [0.2, 0.25) is 0 Å². The van der Waals surface area contributed by atoms with E-state index in [9.17, 15) is 23.3 Å². The lowest BCUT2D eigenvalue weighted by molar-refractivity contribution is -0.388. The summed E-state index contributed by atoms with van der Waals surface area (Å²) in [6, 6.07) is 14.9. The number of halogens is 3. The molecule has 4 aromatic rings. The summed E-state index contributed by atoms with van der Waals surface area (Å²) in [5.74, 6) is 0.464. The monoisotopic (exact) mass is 443 g/mol. The average molecular weight is 443 g/mol. The van der Waals surface area contributed by atoms with Crippen molar-refractivity contribution >= 4 is 17.4 Å². The van der Waals surface area contributed by atoms with E-state index >= 15 is 0 Å². The van der Waals surface area contributed by atoms with Crippen molar-refractivity contribution in [2.45, 2.75) is 16.2 Å². The molecule has 11 heteroatoms. The average Bonchev–Trinajstić information content (AvgIpc) is 3.18. The van der Waals surface area contributed by atoms with Crippen LogP contribution < -0.4 is 0 Å². The van der Waals surface area contributed by atoms with Gasteiger partial charge in [-0.05, 0) is 48.2 Å². The van der Waals surface area contributed by atoms with Crippen molar-refractivity contribution in [3.05, 3.63) is 88.7 Å². The van der Waals surface area contributed by atoms with E-state index in [1.54, 1.807) is 53.4 Å². The van der Waals surface area contributed by atoms with Gasteiger partial charge in [0.2, 0.25) is 5.16 Å². The quantitative estimate of drug-likeness (QED) is 0.303. The van der Waals surface area contributed by atoms with Crippen LogP contribution in [-0.2, 0) is 6.18 Å². The molecule has 0 aliphatic heterocycles. The van der Waals surface area contributed by atoms with Gasteiger partial charge in [0.15, 0.2) is 5.82 Å². The molecule has 31 heavy (non-hydrogen) atoms. The Hall–Kier alpha value is -3.73. The molecule has 0 bridgehead atoms. The van der Waals surface area contributed by atoms with Gasteiger partial charge in [0.25, 0.3) is 5.69 Å². The number of rotatable bonds is 5. The summed E-state index contributed by atoms with van der Waals surface area (Å²) in [5.41, 5.74) is -0.352. The Kier molecular flexibility index (Phi) is 5.42. The Balaban J connectivity index is 1.83. The molecule has 2 aromatic carbocycles. The highest BCUT2D eigenvalue weighted by atomic mass is 32.2. The predicted molar refractivity (Wildman–Crippen MR) is 107 cm³/mol. The molecule has 156 valence electrons. The second kappa shape index (κ2) is 8.19. The van der Waals surface area contributed by atoms with Crippen molar-refractivity contribution < 1.29 is 18.1 Å². The van der Waals surface area contributed by atoms with Gasteiger partial charge in [-0.3, -0.25) is 19.7 Å². The molecule has 7 nitrogen and oxygen atoms in total. The summed E-state index contributed by atoms with van der Waals surface area (Å²) in [6.07, 6.45) is -1.51. The largest absolute Gasteiger partial charge is 0.416 e. The highest BCUT2D eigenvalue weighted by Crippen LogP contribution is 2.40. The molecule has 0 saturated carbocycles. The topological polar surface area (TPSA) is 86.7 Å². The zero-order valence-electron chi connectivity index (χ0n) is 15.5. The number of hydrogen-bond donors (Lipinski definition) is 0. The molecule has 2 heterocycles. The van der Waals surface area contributed by atoms with E-state index < -0.39 is 22.4 Å². The zero-order valence-corrected chi connectivity index (χ0v) is 16.3. The molecule has 0 fully saturated rings.